The van der Waals surface area contributed by atoms with E-state index in [1.165, 1.54) is 51.4 Å². The molecule has 1 saturated carbocycles. The molecule has 1 fully saturated rings. The van der Waals surface area contributed by atoms with Gasteiger partial charge in [-0.3, -0.25) is 0 Å². The Labute approximate surface area is 88.9 Å². The van der Waals surface area contributed by atoms with E-state index < -0.39 is 0 Å². The van der Waals surface area contributed by atoms with Gasteiger partial charge in [-0.25, -0.2) is 0 Å². The van der Waals surface area contributed by atoms with Crippen LogP contribution in [0.3, 0.4) is 0 Å². The lowest BCUT2D eigenvalue weighted by atomic mass is 10.0. The van der Waals surface area contributed by atoms with Crippen molar-refractivity contribution in [3.05, 3.63) is 0 Å². The van der Waals surface area contributed by atoms with E-state index in [1.54, 1.807) is 0 Å². The van der Waals surface area contributed by atoms with E-state index in [0.29, 0.717) is 0 Å². The summed E-state index contributed by atoms with van der Waals surface area (Å²) in [6, 6.07) is 0. The quantitative estimate of drug-likeness (QED) is 0.557. The van der Waals surface area contributed by atoms with Crippen molar-refractivity contribution >= 4 is 0 Å². The van der Waals surface area contributed by atoms with Crippen molar-refractivity contribution in [1.82, 2.24) is 0 Å². The van der Waals surface area contributed by atoms with E-state index in [9.17, 15) is 5.11 Å². The van der Waals surface area contributed by atoms with Crippen LogP contribution in [0.1, 0.15) is 71.1 Å². The van der Waals surface area contributed by atoms with Crippen molar-refractivity contribution in [3.8, 4) is 0 Å². The highest BCUT2D eigenvalue weighted by molar-refractivity contribution is 4.76. The standard InChI is InChI=1S/C13H26O/c1-2-3-4-5-6-7-8-13(14)11-12-9-10-12/h12-14H,2-11H2,1H3. The zero-order valence-electron chi connectivity index (χ0n) is 9.67. The summed E-state index contributed by atoms with van der Waals surface area (Å²) in [5.74, 6) is 0.880. The lowest BCUT2D eigenvalue weighted by Gasteiger charge is -2.08. The fourth-order valence-electron chi connectivity index (χ4n) is 2.02. The molecule has 1 nitrogen and oxygen atoms in total. The third-order valence-corrected chi connectivity index (χ3v) is 3.19. The molecule has 1 atom stereocenters. The van der Waals surface area contributed by atoms with Crippen LogP contribution in [0.15, 0.2) is 0 Å². The summed E-state index contributed by atoms with van der Waals surface area (Å²) < 4.78 is 0. The van der Waals surface area contributed by atoms with Gasteiger partial charge in [0.25, 0.3) is 0 Å². The van der Waals surface area contributed by atoms with E-state index in [1.807, 2.05) is 0 Å². The molecule has 84 valence electrons. The summed E-state index contributed by atoms with van der Waals surface area (Å²) in [5, 5.41) is 9.66. The maximum atomic E-state index is 9.66. The molecule has 1 aliphatic carbocycles. The molecule has 14 heavy (non-hydrogen) atoms. The molecule has 1 aliphatic rings. The summed E-state index contributed by atoms with van der Waals surface area (Å²) in [6.45, 7) is 2.25. The van der Waals surface area contributed by atoms with Crippen molar-refractivity contribution in [2.24, 2.45) is 5.92 Å². The summed E-state index contributed by atoms with van der Waals surface area (Å²) >= 11 is 0. The number of rotatable bonds is 9. The van der Waals surface area contributed by atoms with Gasteiger partial charge in [-0.15, -0.1) is 0 Å². The molecular weight excluding hydrogens is 172 g/mol. The Morgan fingerprint density at radius 1 is 1.07 bits per heavy atom. The zero-order valence-corrected chi connectivity index (χ0v) is 9.67. The second-order valence-corrected chi connectivity index (χ2v) is 4.89. The zero-order chi connectivity index (χ0) is 10.2. The minimum absolute atomic E-state index is 0.00803. The molecule has 1 N–H and O–H groups in total. The minimum atomic E-state index is 0.00803. The first-order chi connectivity index (χ1) is 6.83. The average molecular weight is 198 g/mol. The van der Waals surface area contributed by atoms with Gasteiger partial charge < -0.3 is 5.11 Å². The van der Waals surface area contributed by atoms with Crippen molar-refractivity contribution < 1.29 is 5.11 Å². The third-order valence-electron chi connectivity index (χ3n) is 3.19. The average Bonchev–Trinajstić information content (AvgIpc) is 2.95. The van der Waals surface area contributed by atoms with Gasteiger partial charge in [-0.2, -0.15) is 0 Å². The van der Waals surface area contributed by atoms with Crippen LogP contribution in [0.4, 0.5) is 0 Å². The Morgan fingerprint density at radius 2 is 1.71 bits per heavy atom. The molecule has 0 amide bonds. The van der Waals surface area contributed by atoms with Crippen LogP contribution in [0.25, 0.3) is 0 Å². The van der Waals surface area contributed by atoms with Crippen molar-refractivity contribution in [3.63, 3.8) is 0 Å². The van der Waals surface area contributed by atoms with Gasteiger partial charge in [0.2, 0.25) is 0 Å². The van der Waals surface area contributed by atoms with Gasteiger partial charge in [0, 0.05) is 0 Å². The van der Waals surface area contributed by atoms with E-state index in [2.05, 4.69) is 6.92 Å². The molecule has 0 bridgehead atoms. The van der Waals surface area contributed by atoms with Crippen molar-refractivity contribution in [2.45, 2.75) is 77.2 Å². The Bertz CT molecular complexity index is 129. The highest BCUT2D eigenvalue weighted by atomic mass is 16.3. The predicted molar refractivity (Wildman–Crippen MR) is 61.3 cm³/mol. The van der Waals surface area contributed by atoms with Crippen LogP contribution in [-0.2, 0) is 0 Å². The number of hydrogen-bond donors (Lipinski definition) is 1. The molecule has 0 saturated heterocycles. The topological polar surface area (TPSA) is 20.2 Å². The molecule has 0 heterocycles. The van der Waals surface area contributed by atoms with Crippen LogP contribution in [0.2, 0.25) is 0 Å². The van der Waals surface area contributed by atoms with Crippen LogP contribution < -0.4 is 0 Å². The summed E-state index contributed by atoms with van der Waals surface area (Å²) in [6.07, 6.45) is 12.9. The number of aliphatic hydroxyl groups excluding tert-OH is 1. The monoisotopic (exact) mass is 198 g/mol. The molecule has 0 spiro atoms. The Kier molecular flexibility index (Phi) is 6.25. The fourth-order valence-corrected chi connectivity index (χ4v) is 2.02. The fraction of sp³-hybridized carbons (Fsp3) is 1.00. The molecule has 0 aromatic carbocycles. The molecule has 0 aromatic rings. The second kappa shape index (κ2) is 7.28. The second-order valence-electron chi connectivity index (χ2n) is 4.89. The van der Waals surface area contributed by atoms with Gasteiger partial charge in [-0.05, 0) is 18.8 Å². The van der Waals surface area contributed by atoms with Gasteiger partial charge in [0.1, 0.15) is 0 Å². The molecule has 0 radical (unpaired) electrons. The highest BCUT2D eigenvalue weighted by Crippen LogP contribution is 2.34. The van der Waals surface area contributed by atoms with Gasteiger partial charge >= 0.3 is 0 Å². The van der Waals surface area contributed by atoms with Gasteiger partial charge in [-0.1, -0.05) is 58.3 Å². The van der Waals surface area contributed by atoms with Crippen molar-refractivity contribution in [1.29, 1.82) is 0 Å². The highest BCUT2D eigenvalue weighted by Gasteiger charge is 2.23. The molecule has 1 rings (SSSR count). The van der Waals surface area contributed by atoms with E-state index in [4.69, 9.17) is 0 Å². The van der Waals surface area contributed by atoms with Crippen LogP contribution in [0.5, 0.6) is 0 Å². The molecule has 1 heteroatoms. The molecule has 0 aromatic heterocycles. The first kappa shape index (κ1) is 12.0. The summed E-state index contributed by atoms with van der Waals surface area (Å²) in [7, 11) is 0. The maximum absolute atomic E-state index is 9.66. The third kappa shape index (κ3) is 6.42. The molecular formula is C13H26O. The SMILES string of the molecule is CCCCCCCCC(O)CC1CC1. The largest absolute Gasteiger partial charge is 0.393 e. The summed E-state index contributed by atoms with van der Waals surface area (Å²) in [5.41, 5.74) is 0. The molecule has 0 aliphatic heterocycles. The van der Waals surface area contributed by atoms with E-state index >= 15 is 0 Å². The smallest absolute Gasteiger partial charge is 0.0542 e. The lowest BCUT2D eigenvalue weighted by molar-refractivity contribution is 0.144. The minimum Gasteiger partial charge on any atom is -0.393 e. The van der Waals surface area contributed by atoms with E-state index in [0.717, 1.165) is 18.8 Å². The lowest BCUT2D eigenvalue weighted by Crippen LogP contribution is -2.06. The number of hydrogen-bond acceptors (Lipinski definition) is 1. The Morgan fingerprint density at radius 3 is 2.36 bits per heavy atom. The number of unbranched alkanes of at least 4 members (excludes halogenated alkanes) is 5. The number of aliphatic hydroxyl groups is 1. The Balaban J connectivity index is 1.77. The maximum Gasteiger partial charge on any atom is 0.0542 e. The molecule has 1 unspecified atom stereocenters. The first-order valence-corrected chi connectivity index (χ1v) is 6.51. The predicted octanol–water partition coefficient (Wildman–Crippen LogP) is 3.90. The van der Waals surface area contributed by atoms with Crippen molar-refractivity contribution in [2.75, 3.05) is 0 Å². The Hall–Kier alpha value is -0.0400. The van der Waals surface area contributed by atoms with E-state index in [-0.39, 0.29) is 6.10 Å². The summed E-state index contributed by atoms with van der Waals surface area (Å²) in [4.78, 5) is 0. The van der Waals surface area contributed by atoms with Crippen LogP contribution >= 0.6 is 0 Å². The normalized spacial score (nSPS) is 18.4. The van der Waals surface area contributed by atoms with Gasteiger partial charge in [0.15, 0.2) is 0 Å². The van der Waals surface area contributed by atoms with Crippen LogP contribution in [-0.4, -0.2) is 11.2 Å². The first-order valence-electron chi connectivity index (χ1n) is 6.51. The van der Waals surface area contributed by atoms with Gasteiger partial charge in [0.05, 0.1) is 6.10 Å². The van der Waals surface area contributed by atoms with Crippen LogP contribution in [0, 0.1) is 5.92 Å².